The minimum atomic E-state index is -0.513. The molecule has 19 heavy (non-hydrogen) atoms. The summed E-state index contributed by atoms with van der Waals surface area (Å²) in [5, 5.41) is 15.9. The van der Waals surface area contributed by atoms with Gasteiger partial charge in [0.2, 0.25) is 0 Å². The highest BCUT2D eigenvalue weighted by atomic mass is 16.5. The third kappa shape index (κ3) is 3.53. The van der Waals surface area contributed by atoms with E-state index in [1.807, 2.05) is 25.1 Å². The van der Waals surface area contributed by atoms with Crippen molar-refractivity contribution < 1.29 is 9.84 Å². The molecule has 0 spiro atoms. The fourth-order valence-corrected chi connectivity index (χ4v) is 2.18. The smallest absolute Gasteiger partial charge is 0.0940 e. The Morgan fingerprint density at radius 1 is 1.16 bits per heavy atom. The molecule has 0 aromatic heterocycles. The first-order chi connectivity index (χ1) is 9.22. The Morgan fingerprint density at radius 3 is 2.63 bits per heavy atom. The molecule has 2 aromatic rings. The van der Waals surface area contributed by atoms with E-state index < -0.39 is 6.10 Å². The van der Waals surface area contributed by atoms with Gasteiger partial charge in [0, 0.05) is 19.7 Å². The van der Waals surface area contributed by atoms with Gasteiger partial charge in [-0.15, -0.1) is 0 Å². The van der Waals surface area contributed by atoms with Gasteiger partial charge in [-0.1, -0.05) is 36.4 Å². The van der Waals surface area contributed by atoms with Crippen LogP contribution in [0.25, 0.3) is 10.8 Å². The Labute approximate surface area is 114 Å². The number of aliphatic hydroxyl groups excluding tert-OH is 1. The maximum Gasteiger partial charge on any atom is 0.0940 e. The van der Waals surface area contributed by atoms with E-state index in [2.05, 4.69) is 29.6 Å². The summed E-state index contributed by atoms with van der Waals surface area (Å²) in [6.07, 6.45) is -0.513. The Hall–Kier alpha value is -1.42. The van der Waals surface area contributed by atoms with Crippen molar-refractivity contribution in [2.24, 2.45) is 0 Å². The molecule has 0 saturated carbocycles. The molecule has 0 aliphatic rings. The van der Waals surface area contributed by atoms with E-state index in [0.717, 1.165) is 17.5 Å². The lowest BCUT2D eigenvalue weighted by molar-refractivity contribution is 0.127. The van der Waals surface area contributed by atoms with Crippen LogP contribution in [0.4, 0.5) is 0 Å². The fraction of sp³-hybridized carbons (Fsp3) is 0.375. The molecule has 3 heteroatoms. The molecule has 0 saturated heterocycles. The number of rotatable bonds is 6. The van der Waals surface area contributed by atoms with Crippen molar-refractivity contribution in [2.75, 3.05) is 20.3 Å². The SMILES string of the molecule is COCCNC(C)C(O)c1ccc2ccccc2c1. The van der Waals surface area contributed by atoms with Gasteiger partial charge in [-0.3, -0.25) is 0 Å². The van der Waals surface area contributed by atoms with Crippen molar-refractivity contribution in [1.82, 2.24) is 5.32 Å². The van der Waals surface area contributed by atoms with Crippen molar-refractivity contribution in [3.8, 4) is 0 Å². The molecule has 0 aliphatic heterocycles. The van der Waals surface area contributed by atoms with Crippen molar-refractivity contribution >= 4 is 10.8 Å². The van der Waals surface area contributed by atoms with Crippen LogP contribution in [-0.2, 0) is 4.74 Å². The zero-order valence-corrected chi connectivity index (χ0v) is 11.5. The highest BCUT2D eigenvalue weighted by Gasteiger charge is 2.15. The van der Waals surface area contributed by atoms with Crippen LogP contribution in [0.2, 0.25) is 0 Å². The molecule has 2 atom stereocenters. The van der Waals surface area contributed by atoms with Crippen molar-refractivity contribution in [3.63, 3.8) is 0 Å². The second-order valence-electron chi connectivity index (χ2n) is 4.79. The van der Waals surface area contributed by atoms with Crippen LogP contribution in [0.15, 0.2) is 42.5 Å². The van der Waals surface area contributed by atoms with E-state index >= 15 is 0 Å². The van der Waals surface area contributed by atoms with Crippen LogP contribution in [-0.4, -0.2) is 31.4 Å². The predicted octanol–water partition coefficient (Wildman–Crippen LogP) is 2.50. The normalized spacial score (nSPS) is 14.5. The Bertz CT molecular complexity index is 527. The lowest BCUT2D eigenvalue weighted by Crippen LogP contribution is -2.34. The maximum absolute atomic E-state index is 10.3. The van der Waals surface area contributed by atoms with E-state index in [0.29, 0.717) is 6.61 Å². The number of hydrogen-bond donors (Lipinski definition) is 2. The van der Waals surface area contributed by atoms with Crippen molar-refractivity contribution in [2.45, 2.75) is 19.1 Å². The summed E-state index contributed by atoms with van der Waals surface area (Å²) in [7, 11) is 1.67. The first-order valence-electron chi connectivity index (χ1n) is 6.61. The molecule has 0 fully saturated rings. The van der Waals surface area contributed by atoms with E-state index in [9.17, 15) is 5.11 Å². The number of methoxy groups -OCH3 is 1. The van der Waals surface area contributed by atoms with Crippen LogP contribution in [0.3, 0.4) is 0 Å². The molecule has 2 rings (SSSR count). The summed E-state index contributed by atoms with van der Waals surface area (Å²) in [6.45, 7) is 3.37. The highest BCUT2D eigenvalue weighted by molar-refractivity contribution is 5.83. The molecule has 0 bridgehead atoms. The van der Waals surface area contributed by atoms with Crippen LogP contribution < -0.4 is 5.32 Å². The zero-order chi connectivity index (χ0) is 13.7. The summed E-state index contributed by atoms with van der Waals surface area (Å²) >= 11 is 0. The number of hydrogen-bond acceptors (Lipinski definition) is 3. The van der Waals surface area contributed by atoms with Crippen molar-refractivity contribution in [1.29, 1.82) is 0 Å². The monoisotopic (exact) mass is 259 g/mol. The standard InChI is InChI=1S/C16H21NO2/c1-12(17-9-10-19-2)16(18)15-8-7-13-5-3-4-6-14(13)11-15/h3-8,11-12,16-18H,9-10H2,1-2H3. The summed E-state index contributed by atoms with van der Waals surface area (Å²) in [5.41, 5.74) is 0.941. The molecule has 0 heterocycles. The van der Waals surface area contributed by atoms with Crippen LogP contribution in [0, 0.1) is 0 Å². The summed E-state index contributed by atoms with van der Waals surface area (Å²) in [5.74, 6) is 0. The average Bonchev–Trinajstić information content (AvgIpc) is 2.46. The van der Waals surface area contributed by atoms with Crippen LogP contribution >= 0.6 is 0 Å². The van der Waals surface area contributed by atoms with E-state index in [-0.39, 0.29) is 6.04 Å². The highest BCUT2D eigenvalue weighted by Crippen LogP contribution is 2.22. The largest absolute Gasteiger partial charge is 0.387 e. The molecule has 0 radical (unpaired) electrons. The Balaban J connectivity index is 2.09. The minimum Gasteiger partial charge on any atom is -0.387 e. The number of aliphatic hydroxyl groups is 1. The second-order valence-corrected chi connectivity index (χ2v) is 4.79. The van der Waals surface area contributed by atoms with Gasteiger partial charge in [0.1, 0.15) is 0 Å². The van der Waals surface area contributed by atoms with Gasteiger partial charge in [-0.25, -0.2) is 0 Å². The van der Waals surface area contributed by atoms with Gasteiger partial charge in [-0.2, -0.15) is 0 Å². The number of benzene rings is 2. The average molecular weight is 259 g/mol. The van der Waals surface area contributed by atoms with Crippen molar-refractivity contribution in [3.05, 3.63) is 48.0 Å². The molecule has 2 N–H and O–H groups in total. The summed E-state index contributed by atoms with van der Waals surface area (Å²) in [6, 6.07) is 14.3. The van der Waals surface area contributed by atoms with Gasteiger partial charge in [0.25, 0.3) is 0 Å². The van der Waals surface area contributed by atoms with Gasteiger partial charge < -0.3 is 15.2 Å². The van der Waals surface area contributed by atoms with Gasteiger partial charge >= 0.3 is 0 Å². The molecule has 0 amide bonds. The van der Waals surface area contributed by atoms with E-state index in [1.165, 1.54) is 5.39 Å². The van der Waals surface area contributed by atoms with Crippen LogP contribution in [0.5, 0.6) is 0 Å². The van der Waals surface area contributed by atoms with Gasteiger partial charge in [0.15, 0.2) is 0 Å². The lowest BCUT2D eigenvalue weighted by Gasteiger charge is -2.21. The predicted molar refractivity (Wildman–Crippen MR) is 78.2 cm³/mol. The molecular weight excluding hydrogens is 238 g/mol. The lowest BCUT2D eigenvalue weighted by atomic mass is 10.00. The third-order valence-corrected chi connectivity index (χ3v) is 3.36. The van der Waals surface area contributed by atoms with Gasteiger partial charge in [0.05, 0.1) is 12.7 Å². The first kappa shape index (κ1) is 14.0. The number of nitrogens with one attached hydrogen (secondary N) is 1. The molecule has 2 aromatic carbocycles. The zero-order valence-electron chi connectivity index (χ0n) is 11.5. The summed E-state index contributed by atoms with van der Waals surface area (Å²) in [4.78, 5) is 0. The number of fused-ring (bicyclic) bond motifs is 1. The van der Waals surface area contributed by atoms with E-state index in [1.54, 1.807) is 7.11 Å². The summed E-state index contributed by atoms with van der Waals surface area (Å²) < 4.78 is 4.99. The number of ether oxygens (including phenoxy) is 1. The second kappa shape index (κ2) is 6.66. The van der Waals surface area contributed by atoms with Gasteiger partial charge in [-0.05, 0) is 29.3 Å². The minimum absolute atomic E-state index is 0.00341. The topological polar surface area (TPSA) is 41.5 Å². The fourth-order valence-electron chi connectivity index (χ4n) is 2.18. The molecule has 102 valence electrons. The Morgan fingerprint density at radius 2 is 1.89 bits per heavy atom. The molecule has 0 aliphatic carbocycles. The molecular formula is C16H21NO2. The molecule has 2 unspecified atom stereocenters. The van der Waals surface area contributed by atoms with E-state index in [4.69, 9.17) is 4.74 Å². The quantitative estimate of drug-likeness (QED) is 0.783. The molecule has 3 nitrogen and oxygen atoms in total. The maximum atomic E-state index is 10.3. The van der Waals surface area contributed by atoms with Crippen LogP contribution in [0.1, 0.15) is 18.6 Å². The first-order valence-corrected chi connectivity index (χ1v) is 6.61. The third-order valence-electron chi connectivity index (χ3n) is 3.36. The Kier molecular flexibility index (Phi) is 4.91.